The van der Waals surface area contributed by atoms with Crippen molar-refractivity contribution in [3.63, 3.8) is 0 Å². The average molecular weight is 345 g/mol. The Morgan fingerprint density at radius 2 is 2.04 bits per heavy atom. The van der Waals surface area contributed by atoms with Crippen molar-refractivity contribution >= 4 is 17.5 Å². The van der Waals surface area contributed by atoms with Crippen molar-refractivity contribution in [1.82, 2.24) is 20.5 Å². The molecule has 3 N–H and O–H groups in total. The Morgan fingerprint density at radius 3 is 2.72 bits per heavy atom. The van der Waals surface area contributed by atoms with Crippen LogP contribution in [0.15, 0.2) is 30.6 Å². The number of hydrogen-bond donors (Lipinski definition) is 3. The maximum atomic E-state index is 12.2. The van der Waals surface area contributed by atoms with E-state index < -0.39 is 5.91 Å². The maximum Gasteiger partial charge on any atom is 0.274 e. The topological polar surface area (TPSA) is 109 Å². The Labute approximate surface area is 146 Å². The fourth-order valence-electron chi connectivity index (χ4n) is 1.98. The van der Waals surface area contributed by atoms with Crippen molar-refractivity contribution in [2.75, 3.05) is 18.5 Å². The molecule has 0 atom stereocenters. The zero-order chi connectivity index (χ0) is 18.3. The van der Waals surface area contributed by atoms with Crippen LogP contribution in [0.4, 0.5) is 5.69 Å². The van der Waals surface area contributed by atoms with Gasteiger partial charge in [-0.15, -0.1) is 0 Å². The van der Waals surface area contributed by atoms with Gasteiger partial charge in [0.2, 0.25) is 0 Å². The van der Waals surface area contributed by atoms with Crippen LogP contribution in [-0.2, 0) is 4.74 Å². The molecular weight excluding hydrogens is 322 g/mol. The highest BCUT2D eigenvalue weighted by Gasteiger charge is 2.17. The number of amides is 2. The number of ether oxygens (including phenoxy) is 1. The van der Waals surface area contributed by atoms with Gasteiger partial charge in [-0.1, -0.05) is 6.07 Å². The SMILES string of the molecule is CC(C)(C)OCCCNC(=O)c1[nH]ncc1NC(=O)c1ccccn1. The highest BCUT2D eigenvalue weighted by molar-refractivity contribution is 6.07. The molecule has 0 saturated heterocycles. The summed E-state index contributed by atoms with van der Waals surface area (Å²) in [7, 11) is 0. The van der Waals surface area contributed by atoms with Gasteiger partial charge >= 0.3 is 0 Å². The van der Waals surface area contributed by atoms with E-state index in [0.717, 1.165) is 0 Å². The van der Waals surface area contributed by atoms with Crippen LogP contribution in [-0.4, -0.2) is 45.7 Å². The monoisotopic (exact) mass is 345 g/mol. The smallest absolute Gasteiger partial charge is 0.274 e. The number of anilines is 1. The predicted octanol–water partition coefficient (Wildman–Crippen LogP) is 1.99. The molecule has 25 heavy (non-hydrogen) atoms. The van der Waals surface area contributed by atoms with Crippen LogP contribution in [0.1, 0.15) is 48.2 Å². The van der Waals surface area contributed by atoms with E-state index >= 15 is 0 Å². The van der Waals surface area contributed by atoms with E-state index in [1.165, 1.54) is 12.4 Å². The number of nitrogens with one attached hydrogen (secondary N) is 3. The van der Waals surface area contributed by atoms with Gasteiger partial charge in [0.05, 0.1) is 17.5 Å². The lowest BCUT2D eigenvalue weighted by Gasteiger charge is -2.19. The van der Waals surface area contributed by atoms with Gasteiger partial charge in [0, 0.05) is 19.3 Å². The van der Waals surface area contributed by atoms with Crippen LogP contribution >= 0.6 is 0 Å². The second-order valence-corrected chi connectivity index (χ2v) is 6.40. The standard InChI is InChI=1S/C17H23N5O3/c1-17(2,3)25-10-6-9-19-16(24)14-13(11-20-22-14)21-15(23)12-7-4-5-8-18-12/h4-5,7-8,11H,6,9-10H2,1-3H3,(H,19,24)(H,20,22)(H,21,23). The zero-order valence-corrected chi connectivity index (χ0v) is 14.6. The molecule has 0 fully saturated rings. The molecule has 0 aliphatic rings. The van der Waals surface area contributed by atoms with E-state index in [0.29, 0.717) is 25.3 Å². The molecule has 0 unspecified atom stereocenters. The van der Waals surface area contributed by atoms with Gasteiger partial charge in [0.1, 0.15) is 11.4 Å². The molecule has 8 heteroatoms. The molecule has 0 spiro atoms. The molecule has 2 aromatic rings. The minimum Gasteiger partial charge on any atom is -0.376 e. The number of nitrogens with zero attached hydrogens (tertiary/aromatic N) is 2. The third kappa shape index (κ3) is 6.00. The molecule has 0 aliphatic carbocycles. The minimum atomic E-state index is -0.408. The first-order valence-corrected chi connectivity index (χ1v) is 8.05. The molecule has 0 bridgehead atoms. The molecule has 2 heterocycles. The number of rotatable bonds is 7. The lowest BCUT2D eigenvalue weighted by atomic mass is 10.2. The first-order chi connectivity index (χ1) is 11.9. The Hall–Kier alpha value is -2.74. The second kappa shape index (κ2) is 8.39. The van der Waals surface area contributed by atoms with Gasteiger partial charge in [0.15, 0.2) is 0 Å². The lowest BCUT2D eigenvalue weighted by Crippen LogP contribution is -2.28. The molecule has 2 rings (SSSR count). The highest BCUT2D eigenvalue weighted by atomic mass is 16.5. The van der Waals surface area contributed by atoms with Gasteiger partial charge < -0.3 is 15.4 Å². The largest absolute Gasteiger partial charge is 0.376 e. The molecular formula is C17H23N5O3. The number of carbonyl (C=O) groups is 2. The zero-order valence-electron chi connectivity index (χ0n) is 14.6. The third-order valence-electron chi connectivity index (χ3n) is 3.15. The maximum absolute atomic E-state index is 12.2. The summed E-state index contributed by atoms with van der Waals surface area (Å²) < 4.78 is 5.59. The molecule has 0 radical (unpaired) electrons. The summed E-state index contributed by atoms with van der Waals surface area (Å²) in [6.07, 6.45) is 3.60. The molecule has 0 saturated carbocycles. The third-order valence-corrected chi connectivity index (χ3v) is 3.15. The number of aromatic amines is 1. The summed E-state index contributed by atoms with van der Waals surface area (Å²) in [4.78, 5) is 28.3. The van der Waals surface area contributed by atoms with Crippen LogP contribution in [0.2, 0.25) is 0 Å². The quantitative estimate of drug-likeness (QED) is 0.665. The summed E-state index contributed by atoms with van der Waals surface area (Å²) in [5.74, 6) is -0.751. The van der Waals surface area contributed by atoms with E-state index in [2.05, 4.69) is 25.8 Å². The summed E-state index contributed by atoms with van der Waals surface area (Å²) in [6.45, 7) is 6.95. The van der Waals surface area contributed by atoms with Crippen molar-refractivity contribution < 1.29 is 14.3 Å². The van der Waals surface area contributed by atoms with Crippen molar-refractivity contribution in [2.24, 2.45) is 0 Å². The molecule has 2 aromatic heterocycles. The van der Waals surface area contributed by atoms with Crippen LogP contribution in [0.3, 0.4) is 0 Å². The fraction of sp³-hybridized carbons (Fsp3) is 0.412. The van der Waals surface area contributed by atoms with Crippen molar-refractivity contribution in [3.05, 3.63) is 42.0 Å². The van der Waals surface area contributed by atoms with Gasteiger partial charge in [-0.2, -0.15) is 5.10 Å². The minimum absolute atomic E-state index is 0.195. The first kappa shape index (κ1) is 18.6. The Bertz CT molecular complexity index is 707. The fourth-order valence-corrected chi connectivity index (χ4v) is 1.98. The van der Waals surface area contributed by atoms with Gasteiger partial charge in [-0.05, 0) is 39.3 Å². The van der Waals surface area contributed by atoms with Gasteiger partial charge in [-0.25, -0.2) is 0 Å². The lowest BCUT2D eigenvalue weighted by molar-refractivity contribution is -0.00364. The summed E-state index contributed by atoms with van der Waals surface area (Å²) in [5, 5.41) is 11.8. The number of H-pyrrole nitrogens is 1. The van der Waals surface area contributed by atoms with E-state index in [-0.39, 0.29) is 22.9 Å². The number of hydrogen-bond acceptors (Lipinski definition) is 5. The highest BCUT2D eigenvalue weighted by Crippen LogP contribution is 2.13. The van der Waals surface area contributed by atoms with Crippen molar-refractivity contribution in [3.8, 4) is 0 Å². The normalized spacial score (nSPS) is 11.2. The Balaban J connectivity index is 1.86. The molecule has 134 valence electrons. The van der Waals surface area contributed by atoms with E-state index in [1.54, 1.807) is 18.2 Å². The number of carbonyl (C=O) groups excluding carboxylic acids is 2. The molecule has 0 aliphatic heterocycles. The molecule has 2 amide bonds. The number of aromatic nitrogens is 3. The van der Waals surface area contributed by atoms with E-state index in [4.69, 9.17) is 4.74 Å². The Kier molecular flexibility index (Phi) is 6.24. The van der Waals surface area contributed by atoms with Crippen molar-refractivity contribution in [2.45, 2.75) is 32.8 Å². The first-order valence-electron chi connectivity index (χ1n) is 8.05. The Morgan fingerprint density at radius 1 is 1.24 bits per heavy atom. The average Bonchev–Trinajstić information content (AvgIpc) is 3.02. The molecule has 8 nitrogen and oxygen atoms in total. The van der Waals surface area contributed by atoms with Crippen molar-refractivity contribution in [1.29, 1.82) is 0 Å². The summed E-state index contributed by atoms with van der Waals surface area (Å²) >= 11 is 0. The second-order valence-electron chi connectivity index (χ2n) is 6.40. The van der Waals surface area contributed by atoms with E-state index in [9.17, 15) is 9.59 Å². The van der Waals surface area contributed by atoms with E-state index in [1.807, 2.05) is 20.8 Å². The molecule has 0 aromatic carbocycles. The van der Waals surface area contributed by atoms with Crippen LogP contribution in [0, 0.1) is 0 Å². The van der Waals surface area contributed by atoms with Crippen LogP contribution < -0.4 is 10.6 Å². The van der Waals surface area contributed by atoms with Gasteiger partial charge in [-0.3, -0.25) is 19.7 Å². The summed E-state index contributed by atoms with van der Waals surface area (Å²) in [5.41, 5.74) is 0.561. The number of pyridine rings is 1. The predicted molar refractivity (Wildman–Crippen MR) is 93.4 cm³/mol. The van der Waals surface area contributed by atoms with Crippen LogP contribution in [0.25, 0.3) is 0 Å². The van der Waals surface area contributed by atoms with Crippen LogP contribution in [0.5, 0.6) is 0 Å². The summed E-state index contributed by atoms with van der Waals surface area (Å²) in [6, 6.07) is 5.02. The van der Waals surface area contributed by atoms with Gasteiger partial charge in [0.25, 0.3) is 11.8 Å².